The second-order valence-electron chi connectivity index (χ2n) is 2.82. The topological polar surface area (TPSA) is 46.3 Å². The number of alkyl halides is 1. The number of nitrogens with zero attached hydrogens (tertiary/aromatic N) is 1. The van der Waals surface area contributed by atoms with Crippen LogP contribution in [0.1, 0.15) is 25.4 Å². The lowest BCUT2D eigenvalue weighted by atomic mass is 10.1. The van der Waals surface area contributed by atoms with Crippen LogP contribution in [0.5, 0.6) is 0 Å². The largest absolute Gasteiger partial charge is 0.447 e. The monoisotopic (exact) mass is 175 g/mol. The van der Waals surface area contributed by atoms with E-state index in [9.17, 15) is 5.11 Å². The van der Waals surface area contributed by atoms with Gasteiger partial charge in [-0.05, 0) is 13.8 Å². The first-order valence-electron chi connectivity index (χ1n) is 3.27. The van der Waals surface area contributed by atoms with Crippen molar-refractivity contribution in [2.45, 2.75) is 25.3 Å². The number of hydrogen-bond acceptors (Lipinski definition) is 3. The molecule has 1 heterocycles. The van der Waals surface area contributed by atoms with E-state index in [1.54, 1.807) is 13.8 Å². The van der Waals surface area contributed by atoms with Crippen LogP contribution >= 0.6 is 11.6 Å². The molecular formula is C7H10ClNO2. The van der Waals surface area contributed by atoms with E-state index in [0.717, 1.165) is 0 Å². The average Bonchev–Trinajstić information content (AvgIpc) is 2.32. The first-order chi connectivity index (χ1) is 5.04. The number of halogens is 1. The maximum absolute atomic E-state index is 9.43. The van der Waals surface area contributed by atoms with Crippen LogP contribution in [0.15, 0.2) is 10.7 Å². The van der Waals surface area contributed by atoms with E-state index in [2.05, 4.69) is 4.98 Å². The second kappa shape index (κ2) is 2.83. The fourth-order valence-electron chi connectivity index (χ4n) is 0.653. The van der Waals surface area contributed by atoms with Crippen LogP contribution in [0.4, 0.5) is 0 Å². The highest BCUT2D eigenvalue weighted by molar-refractivity contribution is 6.16. The van der Waals surface area contributed by atoms with Gasteiger partial charge in [-0.1, -0.05) is 0 Å². The molecule has 0 atom stereocenters. The molecule has 1 aromatic heterocycles. The number of rotatable bonds is 2. The number of hydrogen-bond donors (Lipinski definition) is 1. The summed E-state index contributed by atoms with van der Waals surface area (Å²) >= 11 is 5.45. The Bertz CT molecular complexity index is 239. The van der Waals surface area contributed by atoms with Gasteiger partial charge >= 0.3 is 0 Å². The van der Waals surface area contributed by atoms with Gasteiger partial charge in [0.1, 0.15) is 17.6 Å². The van der Waals surface area contributed by atoms with Crippen molar-refractivity contribution in [1.82, 2.24) is 4.98 Å². The highest BCUT2D eigenvalue weighted by Gasteiger charge is 2.20. The van der Waals surface area contributed by atoms with Crippen molar-refractivity contribution in [3.63, 3.8) is 0 Å². The summed E-state index contributed by atoms with van der Waals surface area (Å²) in [5.41, 5.74) is -0.443. The van der Waals surface area contributed by atoms with E-state index >= 15 is 0 Å². The molecule has 62 valence electrons. The first kappa shape index (κ1) is 8.56. The summed E-state index contributed by atoms with van der Waals surface area (Å²) in [6.07, 6.45) is 1.41. The van der Waals surface area contributed by atoms with E-state index in [1.165, 1.54) is 6.26 Å². The fraction of sp³-hybridized carbons (Fsp3) is 0.571. The minimum atomic E-state index is -0.951. The molecule has 0 saturated heterocycles. The van der Waals surface area contributed by atoms with Gasteiger partial charge in [0.2, 0.25) is 5.89 Å². The van der Waals surface area contributed by atoms with Crippen molar-refractivity contribution in [1.29, 1.82) is 0 Å². The minimum absolute atomic E-state index is 0.232. The van der Waals surface area contributed by atoms with Crippen molar-refractivity contribution in [2.75, 3.05) is 0 Å². The molecule has 0 unspecified atom stereocenters. The molecule has 1 rings (SSSR count). The van der Waals surface area contributed by atoms with E-state index in [-0.39, 0.29) is 5.88 Å². The lowest BCUT2D eigenvalue weighted by Crippen LogP contribution is -2.15. The number of aromatic nitrogens is 1. The zero-order valence-electron chi connectivity index (χ0n) is 6.47. The van der Waals surface area contributed by atoms with Gasteiger partial charge in [-0.15, -0.1) is 11.6 Å². The van der Waals surface area contributed by atoms with Crippen molar-refractivity contribution < 1.29 is 9.52 Å². The summed E-state index contributed by atoms with van der Waals surface area (Å²) in [7, 11) is 0. The minimum Gasteiger partial charge on any atom is -0.447 e. The van der Waals surface area contributed by atoms with Crippen molar-refractivity contribution >= 4 is 11.6 Å². The maximum Gasteiger partial charge on any atom is 0.209 e. The molecule has 4 heteroatoms. The molecule has 0 saturated carbocycles. The van der Waals surface area contributed by atoms with E-state index < -0.39 is 5.60 Å². The Balaban J connectivity index is 2.89. The molecule has 3 nitrogen and oxygen atoms in total. The molecule has 0 aliphatic heterocycles. The molecule has 1 N–H and O–H groups in total. The van der Waals surface area contributed by atoms with Gasteiger partial charge in [0, 0.05) is 0 Å². The van der Waals surface area contributed by atoms with Crippen LogP contribution in [0.25, 0.3) is 0 Å². The Morgan fingerprint density at radius 1 is 1.73 bits per heavy atom. The molecule has 0 spiro atoms. The number of aliphatic hydroxyl groups is 1. The van der Waals surface area contributed by atoms with Crippen LogP contribution in [0.2, 0.25) is 0 Å². The van der Waals surface area contributed by atoms with Crippen molar-refractivity contribution in [2.24, 2.45) is 0 Å². The molecule has 0 amide bonds. The summed E-state index contributed by atoms with van der Waals surface area (Å²) in [6.45, 7) is 3.28. The highest BCUT2D eigenvalue weighted by atomic mass is 35.5. The Hall–Kier alpha value is -0.540. The summed E-state index contributed by atoms with van der Waals surface area (Å²) in [4.78, 5) is 3.95. The lowest BCUT2D eigenvalue weighted by molar-refractivity contribution is 0.0737. The quantitative estimate of drug-likeness (QED) is 0.696. The van der Waals surface area contributed by atoms with Crippen LogP contribution < -0.4 is 0 Å². The van der Waals surface area contributed by atoms with Gasteiger partial charge < -0.3 is 9.52 Å². The first-order valence-corrected chi connectivity index (χ1v) is 3.80. The Labute approximate surface area is 70.0 Å². The van der Waals surface area contributed by atoms with Crippen molar-refractivity contribution in [3.05, 3.63) is 17.8 Å². The Morgan fingerprint density at radius 2 is 2.36 bits per heavy atom. The van der Waals surface area contributed by atoms with Crippen molar-refractivity contribution in [3.8, 4) is 0 Å². The van der Waals surface area contributed by atoms with E-state index in [4.69, 9.17) is 16.0 Å². The van der Waals surface area contributed by atoms with Crippen LogP contribution in [0, 0.1) is 0 Å². The normalized spacial score (nSPS) is 12.0. The molecule has 0 radical (unpaired) electrons. The van der Waals surface area contributed by atoms with E-state index in [0.29, 0.717) is 11.6 Å². The maximum atomic E-state index is 9.43. The smallest absolute Gasteiger partial charge is 0.209 e. The molecule has 0 aromatic carbocycles. The Kier molecular flexibility index (Phi) is 2.20. The highest BCUT2D eigenvalue weighted by Crippen LogP contribution is 2.18. The predicted octanol–water partition coefficient (Wildman–Crippen LogP) is 1.64. The lowest BCUT2D eigenvalue weighted by Gasteiger charge is -2.11. The average molecular weight is 176 g/mol. The van der Waals surface area contributed by atoms with Gasteiger partial charge in [0.25, 0.3) is 0 Å². The summed E-state index contributed by atoms with van der Waals surface area (Å²) in [5, 5.41) is 9.43. The predicted molar refractivity (Wildman–Crippen MR) is 41.3 cm³/mol. The molecule has 11 heavy (non-hydrogen) atoms. The van der Waals surface area contributed by atoms with Gasteiger partial charge in [-0.25, -0.2) is 4.98 Å². The zero-order chi connectivity index (χ0) is 8.48. The van der Waals surface area contributed by atoms with Gasteiger partial charge in [-0.2, -0.15) is 0 Å². The molecule has 0 bridgehead atoms. The standard InChI is InChI=1S/C7H10ClNO2/c1-7(2,10)5-4-11-6(3-8)9-5/h4,10H,3H2,1-2H3. The van der Waals surface area contributed by atoms with Crippen LogP contribution in [0.3, 0.4) is 0 Å². The third-order valence-electron chi connectivity index (χ3n) is 1.29. The summed E-state index contributed by atoms with van der Waals surface area (Å²) < 4.78 is 4.94. The Morgan fingerprint density at radius 3 is 2.64 bits per heavy atom. The van der Waals surface area contributed by atoms with Gasteiger partial charge in [-0.3, -0.25) is 0 Å². The second-order valence-corrected chi connectivity index (χ2v) is 3.09. The third-order valence-corrected chi connectivity index (χ3v) is 1.52. The van der Waals surface area contributed by atoms with Crippen LogP contribution in [-0.4, -0.2) is 10.1 Å². The molecule has 1 aromatic rings. The molecule has 0 aliphatic rings. The molecule has 0 aliphatic carbocycles. The SMILES string of the molecule is CC(C)(O)c1coc(CCl)n1. The molecular weight excluding hydrogens is 166 g/mol. The fourth-order valence-corrected chi connectivity index (χ4v) is 0.776. The number of oxazole rings is 1. The zero-order valence-corrected chi connectivity index (χ0v) is 7.22. The third kappa shape index (κ3) is 1.94. The van der Waals surface area contributed by atoms with Gasteiger partial charge in [0.15, 0.2) is 0 Å². The molecule has 0 fully saturated rings. The van der Waals surface area contributed by atoms with E-state index in [1.807, 2.05) is 0 Å². The van der Waals surface area contributed by atoms with Crippen LogP contribution in [-0.2, 0) is 11.5 Å². The van der Waals surface area contributed by atoms with Gasteiger partial charge in [0.05, 0.1) is 5.88 Å². The summed E-state index contributed by atoms with van der Waals surface area (Å²) in [6, 6.07) is 0. The summed E-state index contributed by atoms with van der Waals surface area (Å²) in [5.74, 6) is 0.666.